The van der Waals surface area contributed by atoms with Gasteiger partial charge in [-0.1, -0.05) is 56.4 Å². The Morgan fingerprint density at radius 2 is 1.95 bits per heavy atom. The lowest BCUT2D eigenvalue weighted by molar-refractivity contribution is -0.134. The van der Waals surface area contributed by atoms with Crippen molar-refractivity contribution in [2.75, 3.05) is 19.0 Å². The lowest BCUT2D eigenvalue weighted by atomic mass is 9.80. The number of hydrogen-bond acceptors (Lipinski definition) is 5. The average Bonchev–Trinajstić information content (AvgIpc) is 3.62. The Balaban J connectivity index is 1.27. The molecular weight excluding hydrogens is 494 g/mol. The Morgan fingerprint density at radius 3 is 2.74 bits per heavy atom. The first kappa shape index (κ1) is 25.4. The van der Waals surface area contributed by atoms with Crippen LogP contribution in [0, 0.1) is 5.92 Å². The molecule has 9 heteroatoms. The molecule has 39 heavy (non-hydrogen) atoms. The van der Waals surface area contributed by atoms with Crippen molar-refractivity contribution in [3.05, 3.63) is 59.8 Å². The number of methoxy groups -OCH3 is 1. The average molecular weight is 530 g/mol. The highest BCUT2D eigenvalue weighted by molar-refractivity contribution is 6.07. The van der Waals surface area contributed by atoms with E-state index in [1.807, 2.05) is 42.5 Å². The number of carbonyl (C=O) groups is 3. The zero-order valence-corrected chi connectivity index (χ0v) is 22.2. The third-order valence-electron chi connectivity index (χ3n) is 8.79. The van der Waals surface area contributed by atoms with Gasteiger partial charge in [-0.25, -0.2) is 0 Å². The molecule has 0 unspecified atom stereocenters. The number of H-pyrrole nitrogens is 1. The number of likely N-dealkylation sites (tertiary alicyclic amines) is 1. The van der Waals surface area contributed by atoms with Gasteiger partial charge >= 0.3 is 0 Å². The van der Waals surface area contributed by atoms with Gasteiger partial charge in [-0.05, 0) is 42.2 Å². The van der Waals surface area contributed by atoms with E-state index in [2.05, 4.69) is 15.6 Å². The van der Waals surface area contributed by atoms with Crippen molar-refractivity contribution in [3.8, 4) is 5.75 Å². The van der Waals surface area contributed by atoms with Crippen LogP contribution < -0.4 is 21.1 Å². The maximum atomic E-state index is 14.1. The highest BCUT2D eigenvalue weighted by Crippen LogP contribution is 2.45. The van der Waals surface area contributed by atoms with Crippen LogP contribution in [-0.4, -0.2) is 53.5 Å². The number of aromatic nitrogens is 1. The number of amides is 3. The summed E-state index contributed by atoms with van der Waals surface area (Å²) in [5, 5.41) is 6.79. The first-order valence-electron chi connectivity index (χ1n) is 13.8. The van der Waals surface area contributed by atoms with Gasteiger partial charge in [0.15, 0.2) is 0 Å². The Kier molecular flexibility index (Phi) is 6.54. The first-order chi connectivity index (χ1) is 18.9. The van der Waals surface area contributed by atoms with Crippen molar-refractivity contribution >= 4 is 34.3 Å². The molecule has 2 aliphatic heterocycles. The molecule has 1 aromatic heterocycles. The molecule has 3 heterocycles. The molecule has 5 N–H and O–H groups in total. The fraction of sp³-hybridized carbons (Fsp3) is 0.433. The van der Waals surface area contributed by atoms with Gasteiger partial charge in [0, 0.05) is 29.6 Å². The van der Waals surface area contributed by atoms with E-state index in [1.165, 1.54) is 6.42 Å². The smallest absolute Gasteiger partial charge is 0.268 e. The fourth-order valence-electron chi connectivity index (χ4n) is 6.76. The predicted octanol–water partition coefficient (Wildman–Crippen LogP) is 3.65. The summed E-state index contributed by atoms with van der Waals surface area (Å²) in [6.45, 7) is 0.191. The van der Waals surface area contributed by atoms with Crippen molar-refractivity contribution in [2.45, 2.75) is 62.6 Å². The van der Waals surface area contributed by atoms with Crippen LogP contribution >= 0.6 is 0 Å². The van der Waals surface area contributed by atoms with Crippen molar-refractivity contribution < 1.29 is 19.1 Å². The largest absolute Gasteiger partial charge is 0.496 e. The molecular formula is C30H35N5O4. The zero-order chi connectivity index (χ0) is 27.1. The second-order valence-corrected chi connectivity index (χ2v) is 11.2. The summed E-state index contributed by atoms with van der Waals surface area (Å²) in [6, 6.07) is 14.2. The van der Waals surface area contributed by atoms with Gasteiger partial charge in [0.25, 0.3) is 5.91 Å². The summed E-state index contributed by atoms with van der Waals surface area (Å²) >= 11 is 0. The van der Waals surface area contributed by atoms with E-state index in [-0.39, 0.29) is 24.3 Å². The van der Waals surface area contributed by atoms with Crippen LogP contribution in [0.4, 0.5) is 5.69 Å². The lowest BCUT2D eigenvalue weighted by Crippen LogP contribution is -2.53. The Morgan fingerprint density at radius 1 is 1.15 bits per heavy atom. The van der Waals surface area contributed by atoms with Gasteiger partial charge in [0.05, 0.1) is 18.7 Å². The van der Waals surface area contributed by atoms with E-state index in [4.69, 9.17) is 10.5 Å². The van der Waals surface area contributed by atoms with Crippen molar-refractivity contribution in [3.63, 3.8) is 0 Å². The van der Waals surface area contributed by atoms with E-state index in [1.54, 1.807) is 18.1 Å². The highest BCUT2D eigenvalue weighted by atomic mass is 16.5. The molecule has 1 saturated carbocycles. The molecule has 3 amide bonds. The number of para-hydroxylation sites is 1. The van der Waals surface area contributed by atoms with Gasteiger partial charge in [0.1, 0.15) is 17.5 Å². The monoisotopic (exact) mass is 529 g/mol. The van der Waals surface area contributed by atoms with Gasteiger partial charge in [0.2, 0.25) is 11.8 Å². The number of fused-ring (bicyclic) bond motifs is 3. The predicted molar refractivity (Wildman–Crippen MR) is 148 cm³/mol. The number of rotatable bonds is 6. The van der Waals surface area contributed by atoms with Gasteiger partial charge < -0.3 is 31.0 Å². The third kappa shape index (κ3) is 4.44. The van der Waals surface area contributed by atoms with E-state index in [0.717, 1.165) is 47.8 Å². The molecule has 0 radical (unpaired) electrons. The number of nitrogens with two attached hydrogens (primary N) is 1. The standard InChI is InChI=1S/C30H35N5O4/c1-39-25-13-7-12-21-19(25)15-23(32-21)27(36)33-24(14-18-8-3-2-4-9-18)28(37)35-17-30(16-26(35)31)20-10-5-6-11-22(20)34-29(30)38/h5-7,10-13,15,18,24,26,32H,2-4,8-9,14,16-17,31H2,1H3,(H,33,36)(H,34,38)/t24-,26-,30-/m0/s1. The van der Waals surface area contributed by atoms with Crippen LogP contribution in [0.1, 0.15) is 61.0 Å². The van der Waals surface area contributed by atoms with E-state index in [9.17, 15) is 14.4 Å². The molecule has 0 bridgehead atoms. The minimum atomic E-state index is -0.876. The number of nitrogens with one attached hydrogen (secondary N) is 3. The minimum absolute atomic E-state index is 0.130. The normalized spacial score (nSPS) is 23.6. The zero-order valence-electron chi connectivity index (χ0n) is 22.2. The van der Waals surface area contributed by atoms with Crippen molar-refractivity contribution in [2.24, 2.45) is 11.7 Å². The van der Waals surface area contributed by atoms with Gasteiger partial charge in [-0.15, -0.1) is 0 Å². The maximum absolute atomic E-state index is 14.1. The molecule has 6 rings (SSSR count). The molecule has 2 aromatic carbocycles. The van der Waals surface area contributed by atoms with Crippen LogP contribution in [0.5, 0.6) is 5.75 Å². The molecule has 3 aliphatic rings. The number of ether oxygens (including phenoxy) is 1. The van der Waals surface area contributed by atoms with Crippen molar-refractivity contribution in [1.29, 1.82) is 0 Å². The second-order valence-electron chi connectivity index (χ2n) is 11.2. The molecule has 1 aliphatic carbocycles. The molecule has 3 atom stereocenters. The molecule has 3 aromatic rings. The number of aromatic amines is 1. The summed E-state index contributed by atoms with van der Waals surface area (Å²) in [7, 11) is 1.59. The molecule has 2 fully saturated rings. The molecule has 1 spiro atoms. The Bertz CT molecular complexity index is 1430. The number of hydrogen-bond donors (Lipinski definition) is 4. The number of benzene rings is 2. The molecule has 9 nitrogen and oxygen atoms in total. The summed E-state index contributed by atoms with van der Waals surface area (Å²) < 4.78 is 5.44. The quantitative estimate of drug-likeness (QED) is 0.387. The van der Waals surface area contributed by atoms with E-state index >= 15 is 0 Å². The topological polar surface area (TPSA) is 130 Å². The summed E-state index contributed by atoms with van der Waals surface area (Å²) in [4.78, 5) is 45.5. The first-order valence-corrected chi connectivity index (χ1v) is 13.8. The summed E-state index contributed by atoms with van der Waals surface area (Å²) in [5.74, 6) is 0.299. The maximum Gasteiger partial charge on any atom is 0.268 e. The number of nitrogens with zero attached hydrogens (tertiary/aromatic N) is 1. The SMILES string of the molecule is COc1cccc2[nH]c(C(=O)N[C@@H](CC3CCCCC3)C(=O)N3C[C@]4(C[C@H]3N)C(=O)Nc3ccccc34)cc12. The third-order valence-corrected chi connectivity index (χ3v) is 8.79. The van der Waals surface area contributed by atoms with Crippen LogP contribution in [-0.2, 0) is 15.0 Å². The molecule has 1 saturated heterocycles. The van der Waals surface area contributed by atoms with Gasteiger partial charge in [-0.2, -0.15) is 0 Å². The van der Waals surface area contributed by atoms with Crippen LogP contribution in [0.3, 0.4) is 0 Å². The number of carbonyl (C=O) groups excluding carboxylic acids is 3. The Labute approximate surface area is 227 Å². The molecule has 204 valence electrons. The second kappa shape index (κ2) is 10.0. The number of anilines is 1. The Hall–Kier alpha value is -3.85. The summed E-state index contributed by atoms with van der Waals surface area (Å²) in [5.41, 5.74) is 8.45. The van der Waals surface area contributed by atoms with Crippen LogP contribution in [0.15, 0.2) is 48.5 Å². The highest BCUT2D eigenvalue weighted by Gasteiger charge is 2.55. The minimum Gasteiger partial charge on any atom is -0.496 e. The van der Waals surface area contributed by atoms with Crippen LogP contribution in [0.25, 0.3) is 10.9 Å². The van der Waals surface area contributed by atoms with E-state index in [0.29, 0.717) is 30.2 Å². The lowest BCUT2D eigenvalue weighted by Gasteiger charge is -2.31. The summed E-state index contributed by atoms with van der Waals surface area (Å²) in [6.07, 6.45) is 5.80. The van der Waals surface area contributed by atoms with E-state index < -0.39 is 17.6 Å². The van der Waals surface area contributed by atoms with Crippen molar-refractivity contribution in [1.82, 2.24) is 15.2 Å². The fourth-order valence-corrected chi connectivity index (χ4v) is 6.76. The van der Waals surface area contributed by atoms with Crippen LogP contribution in [0.2, 0.25) is 0 Å². The van der Waals surface area contributed by atoms with Gasteiger partial charge in [-0.3, -0.25) is 14.4 Å².